The maximum absolute atomic E-state index is 12.8. The van der Waals surface area contributed by atoms with Crippen LogP contribution < -0.4 is 5.32 Å². The lowest BCUT2D eigenvalue weighted by Gasteiger charge is -2.20. The molecule has 1 heterocycles. The Kier molecular flexibility index (Phi) is 4.32. The zero-order valence-corrected chi connectivity index (χ0v) is 12.6. The lowest BCUT2D eigenvalue weighted by molar-refractivity contribution is -0.157. The molecule has 3 nitrogen and oxygen atoms in total. The molecule has 21 heavy (non-hydrogen) atoms. The average Bonchev–Trinajstić information content (AvgIpc) is 2.82. The van der Waals surface area contributed by atoms with Crippen molar-refractivity contribution in [2.24, 2.45) is 10.3 Å². The lowest BCUT2D eigenvalue weighted by atomic mass is 10.0. The maximum Gasteiger partial charge on any atom is 0.398 e. The minimum absolute atomic E-state index is 0.569. The van der Waals surface area contributed by atoms with E-state index in [1.807, 2.05) is 32.9 Å². The maximum atomic E-state index is 12.8. The molecule has 2 rings (SSSR count). The van der Waals surface area contributed by atoms with Crippen LogP contribution in [0.1, 0.15) is 16.7 Å². The normalized spacial score (nSPS) is 21.6. The molecule has 2 atom stereocenters. The van der Waals surface area contributed by atoms with E-state index >= 15 is 0 Å². The number of amides is 1. The first kappa shape index (κ1) is 15.9. The van der Waals surface area contributed by atoms with Gasteiger partial charge in [0.25, 0.3) is 0 Å². The summed E-state index contributed by atoms with van der Waals surface area (Å²) in [6.45, 7) is 5.55. The Labute approximate surface area is 125 Å². The molecule has 1 N–H and O–H groups in total. The molecular formula is C14H15F3N2OS. The fourth-order valence-electron chi connectivity index (χ4n) is 2.35. The number of benzene rings is 1. The van der Waals surface area contributed by atoms with Crippen LogP contribution in [0.15, 0.2) is 16.5 Å². The first-order chi connectivity index (χ1) is 9.70. The van der Waals surface area contributed by atoms with E-state index < -0.39 is 23.3 Å². The van der Waals surface area contributed by atoms with Crippen LogP contribution in [-0.4, -0.2) is 23.5 Å². The van der Waals surface area contributed by atoms with Crippen molar-refractivity contribution in [3.8, 4) is 0 Å². The molecular weight excluding hydrogens is 301 g/mol. The van der Waals surface area contributed by atoms with Crippen molar-refractivity contribution < 1.29 is 18.0 Å². The van der Waals surface area contributed by atoms with Gasteiger partial charge < -0.3 is 5.32 Å². The third-order valence-electron chi connectivity index (χ3n) is 3.28. The Hall–Kier alpha value is -1.50. The number of rotatable bonds is 2. The molecule has 0 bridgehead atoms. The number of hydrogen-bond acceptors (Lipinski definition) is 3. The zero-order chi connectivity index (χ0) is 15.8. The largest absolute Gasteiger partial charge is 0.398 e. The van der Waals surface area contributed by atoms with Gasteiger partial charge >= 0.3 is 6.18 Å². The van der Waals surface area contributed by atoms with E-state index in [9.17, 15) is 18.0 Å². The van der Waals surface area contributed by atoms with E-state index in [-0.39, 0.29) is 0 Å². The highest BCUT2D eigenvalue weighted by Crippen LogP contribution is 2.38. The predicted octanol–water partition coefficient (Wildman–Crippen LogP) is 3.83. The Morgan fingerprint density at radius 2 is 1.81 bits per heavy atom. The van der Waals surface area contributed by atoms with Crippen molar-refractivity contribution >= 4 is 29.8 Å². The van der Waals surface area contributed by atoms with Crippen LogP contribution >= 0.6 is 11.9 Å². The number of anilines is 1. The van der Waals surface area contributed by atoms with E-state index in [1.165, 1.54) is 0 Å². The van der Waals surface area contributed by atoms with Gasteiger partial charge in [-0.3, -0.25) is 4.79 Å². The van der Waals surface area contributed by atoms with E-state index in [2.05, 4.69) is 9.71 Å². The van der Waals surface area contributed by atoms with Gasteiger partial charge in [0.2, 0.25) is 5.91 Å². The van der Waals surface area contributed by atoms with Gasteiger partial charge in [-0.05, 0) is 43.8 Å². The standard InChI is InChI=1S/C14H15F3N2OS/c1-7-4-8(2)11(9(3)5-7)19-13(20)12-10(6-18-21-12)14(15,16)17/h4-6,10,12H,1-3H3,(H,19,20). The van der Waals surface area contributed by atoms with E-state index in [4.69, 9.17) is 0 Å². The summed E-state index contributed by atoms with van der Waals surface area (Å²) in [7, 11) is 0. The summed E-state index contributed by atoms with van der Waals surface area (Å²) in [4.78, 5) is 12.1. The van der Waals surface area contributed by atoms with Crippen LogP contribution in [0.25, 0.3) is 0 Å². The predicted molar refractivity (Wildman–Crippen MR) is 78.7 cm³/mol. The molecule has 0 radical (unpaired) electrons. The smallest absolute Gasteiger partial charge is 0.325 e. The van der Waals surface area contributed by atoms with Crippen molar-refractivity contribution in [2.75, 3.05) is 5.32 Å². The summed E-state index contributed by atoms with van der Waals surface area (Å²) in [5, 5.41) is 1.34. The van der Waals surface area contributed by atoms with Gasteiger partial charge in [0.1, 0.15) is 11.2 Å². The molecule has 2 unspecified atom stereocenters. The highest BCUT2D eigenvalue weighted by molar-refractivity contribution is 7.99. The van der Waals surface area contributed by atoms with Crippen molar-refractivity contribution in [1.82, 2.24) is 0 Å². The topological polar surface area (TPSA) is 41.5 Å². The molecule has 0 spiro atoms. The molecule has 0 saturated heterocycles. The molecule has 0 saturated carbocycles. The molecule has 1 aliphatic rings. The highest BCUT2D eigenvalue weighted by Gasteiger charge is 2.49. The quantitative estimate of drug-likeness (QED) is 0.843. The number of nitrogens with one attached hydrogen (secondary N) is 1. The van der Waals surface area contributed by atoms with Gasteiger partial charge in [-0.25, -0.2) is 4.40 Å². The van der Waals surface area contributed by atoms with Gasteiger partial charge in [0.15, 0.2) is 0 Å². The molecule has 7 heteroatoms. The monoisotopic (exact) mass is 316 g/mol. The SMILES string of the molecule is Cc1cc(C)c(NC(=O)C2SN=CC2C(F)(F)F)c(C)c1. The van der Waals surface area contributed by atoms with Crippen molar-refractivity contribution in [3.05, 3.63) is 28.8 Å². The first-order valence-corrected chi connectivity index (χ1v) is 7.18. The summed E-state index contributed by atoms with van der Waals surface area (Å²) < 4.78 is 42.1. The van der Waals surface area contributed by atoms with Gasteiger partial charge in [0, 0.05) is 11.9 Å². The molecule has 0 aromatic heterocycles. The molecule has 1 aromatic carbocycles. The second-order valence-electron chi connectivity index (χ2n) is 5.11. The van der Waals surface area contributed by atoms with E-state index in [0.717, 1.165) is 22.9 Å². The van der Waals surface area contributed by atoms with Crippen LogP contribution in [0.2, 0.25) is 0 Å². The third-order valence-corrected chi connectivity index (χ3v) is 4.26. The van der Waals surface area contributed by atoms with Crippen LogP contribution in [0.4, 0.5) is 18.9 Å². The fourth-order valence-corrected chi connectivity index (χ4v) is 3.19. The van der Waals surface area contributed by atoms with Crippen LogP contribution in [0.3, 0.4) is 0 Å². The number of carbonyl (C=O) groups is 1. The summed E-state index contributed by atoms with van der Waals surface area (Å²) in [6.07, 6.45) is -3.67. The summed E-state index contributed by atoms with van der Waals surface area (Å²) in [6, 6.07) is 3.75. The molecule has 1 aromatic rings. The summed E-state index contributed by atoms with van der Waals surface area (Å²) >= 11 is 0.657. The minimum Gasteiger partial charge on any atom is -0.325 e. The van der Waals surface area contributed by atoms with E-state index in [1.54, 1.807) is 0 Å². The van der Waals surface area contributed by atoms with Crippen LogP contribution in [0.5, 0.6) is 0 Å². The number of aryl methyl sites for hydroxylation is 3. The lowest BCUT2D eigenvalue weighted by Crippen LogP contribution is -2.38. The minimum atomic E-state index is -4.47. The van der Waals surface area contributed by atoms with Gasteiger partial charge in [-0.1, -0.05) is 17.7 Å². The van der Waals surface area contributed by atoms with Gasteiger partial charge in [-0.2, -0.15) is 13.2 Å². The molecule has 1 aliphatic heterocycles. The molecule has 0 fully saturated rings. The summed E-state index contributed by atoms with van der Waals surface area (Å²) in [5.74, 6) is -2.51. The first-order valence-electron chi connectivity index (χ1n) is 6.35. The van der Waals surface area contributed by atoms with Crippen molar-refractivity contribution in [3.63, 3.8) is 0 Å². The molecule has 114 valence electrons. The highest BCUT2D eigenvalue weighted by atomic mass is 32.2. The van der Waals surface area contributed by atoms with Crippen LogP contribution in [-0.2, 0) is 4.79 Å². The number of halogens is 3. The second-order valence-corrected chi connectivity index (χ2v) is 6.04. The second kappa shape index (κ2) is 5.71. The molecule has 0 aliphatic carbocycles. The number of nitrogens with zero attached hydrogens (tertiary/aromatic N) is 1. The van der Waals surface area contributed by atoms with Gasteiger partial charge in [0.05, 0.1) is 0 Å². The Morgan fingerprint density at radius 3 is 2.33 bits per heavy atom. The fraction of sp³-hybridized carbons (Fsp3) is 0.429. The number of alkyl halides is 3. The Balaban J connectivity index is 2.20. The zero-order valence-electron chi connectivity index (χ0n) is 11.8. The van der Waals surface area contributed by atoms with Crippen molar-refractivity contribution in [1.29, 1.82) is 0 Å². The molecule has 1 amide bonds. The van der Waals surface area contributed by atoms with E-state index in [0.29, 0.717) is 17.6 Å². The number of hydrogen-bond donors (Lipinski definition) is 1. The average molecular weight is 316 g/mol. The van der Waals surface area contributed by atoms with Crippen LogP contribution in [0, 0.1) is 26.7 Å². The van der Waals surface area contributed by atoms with Gasteiger partial charge in [-0.15, -0.1) is 0 Å². The Bertz CT molecular complexity index is 575. The Morgan fingerprint density at radius 1 is 1.24 bits per heavy atom. The summed E-state index contributed by atoms with van der Waals surface area (Å²) in [5.41, 5.74) is 3.26. The van der Waals surface area contributed by atoms with Crippen molar-refractivity contribution in [2.45, 2.75) is 32.2 Å². The third kappa shape index (κ3) is 3.40. The number of carbonyl (C=O) groups excluding carboxylic acids is 1.